The maximum atomic E-state index is 13.4. The number of fused-ring (bicyclic) bond motifs is 1. The summed E-state index contributed by atoms with van der Waals surface area (Å²) in [6.07, 6.45) is 1.69. The molecule has 5 nitrogen and oxygen atoms in total. The highest BCUT2D eigenvalue weighted by Gasteiger charge is 2.34. The molecule has 0 saturated heterocycles. The van der Waals surface area contributed by atoms with Crippen molar-refractivity contribution in [3.63, 3.8) is 0 Å². The molecule has 0 atom stereocenters. The summed E-state index contributed by atoms with van der Waals surface area (Å²) in [5.74, 6) is 0.358. The number of amidine groups is 1. The number of hydrogen-bond donors (Lipinski definition) is 1. The van der Waals surface area contributed by atoms with E-state index in [9.17, 15) is 9.90 Å². The number of thiazole rings is 1. The molecule has 3 aromatic carbocycles. The first-order chi connectivity index (χ1) is 15.0. The van der Waals surface area contributed by atoms with Crippen LogP contribution in [0.4, 0.5) is 5.13 Å². The van der Waals surface area contributed by atoms with Gasteiger partial charge in [-0.25, -0.2) is 14.9 Å². The van der Waals surface area contributed by atoms with E-state index in [1.54, 1.807) is 42.5 Å². The number of benzene rings is 3. The zero-order valence-electron chi connectivity index (χ0n) is 15.8. The number of carbonyl (C=O) groups excluding carboxylic acids is 1. The van der Waals surface area contributed by atoms with Crippen LogP contribution in [0, 0.1) is 0 Å². The molecule has 1 N–H and O–H groups in total. The van der Waals surface area contributed by atoms with Crippen LogP contribution in [-0.2, 0) is 4.79 Å². The van der Waals surface area contributed by atoms with Crippen molar-refractivity contribution in [1.29, 1.82) is 0 Å². The van der Waals surface area contributed by atoms with Crippen LogP contribution in [0.2, 0.25) is 10.0 Å². The molecule has 1 aromatic heterocycles. The van der Waals surface area contributed by atoms with Crippen molar-refractivity contribution in [2.75, 3.05) is 4.90 Å². The Morgan fingerprint density at radius 2 is 1.68 bits per heavy atom. The summed E-state index contributed by atoms with van der Waals surface area (Å²) in [6, 6.07) is 19.5. The van der Waals surface area contributed by atoms with E-state index in [1.165, 1.54) is 16.2 Å². The van der Waals surface area contributed by atoms with E-state index >= 15 is 0 Å². The van der Waals surface area contributed by atoms with Crippen LogP contribution >= 0.6 is 34.5 Å². The lowest BCUT2D eigenvalue weighted by Gasteiger charge is -2.14. The van der Waals surface area contributed by atoms with Gasteiger partial charge in [0.1, 0.15) is 17.3 Å². The van der Waals surface area contributed by atoms with Crippen molar-refractivity contribution in [1.82, 2.24) is 4.98 Å². The van der Waals surface area contributed by atoms with Crippen molar-refractivity contribution >= 4 is 67.7 Å². The molecule has 0 fully saturated rings. The molecule has 1 amide bonds. The number of rotatable bonds is 3. The normalized spacial score (nSPS) is 15.2. The van der Waals surface area contributed by atoms with Gasteiger partial charge in [-0.05, 0) is 35.9 Å². The lowest BCUT2D eigenvalue weighted by atomic mass is 10.2. The van der Waals surface area contributed by atoms with E-state index in [4.69, 9.17) is 23.2 Å². The van der Waals surface area contributed by atoms with Gasteiger partial charge in [0.2, 0.25) is 0 Å². The van der Waals surface area contributed by atoms with E-state index in [2.05, 4.69) is 9.98 Å². The summed E-state index contributed by atoms with van der Waals surface area (Å²) in [6.45, 7) is 0. The number of aromatic nitrogens is 1. The molecule has 0 radical (unpaired) electrons. The van der Waals surface area contributed by atoms with Crippen LogP contribution in [0.1, 0.15) is 11.1 Å². The molecule has 5 rings (SSSR count). The van der Waals surface area contributed by atoms with Crippen molar-refractivity contribution in [2.45, 2.75) is 0 Å². The minimum atomic E-state index is -0.289. The average Bonchev–Trinajstić information content (AvgIpc) is 3.31. The minimum absolute atomic E-state index is 0.154. The maximum Gasteiger partial charge on any atom is 0.284 e. The van der Waals surface area contributed by atoms with Crippen LogP contribution in [0.5, 0.6) is 5.75 Å². The topological polar surface area (TPSA) is 65.8 Å². The van der Waals surface area contributed by atoms with Gasteiger partial charge < -0.3 is 5.11 Å². The number of phenolic OH excluding ortho intramolecular Hbond substituents is 1. The van der Waals surface area contributed by atoms with Gasteiger partial charge in [-0.3, -0.25) is 4.79 Å². The molecule has 152 valence electrons. The molecule has 0 unspecified atom stereocenters. The van der Waals surface area contributed by atoms with Gasteiger partial charge in [-0.15, -0.1) is 0 Å². The van der Waals surface area contributed by atoms with E-state index in [1.807, 2.05) is 30.3 Å². The van der Waals surface area contributed by atoms with Gasteiger partial charge in [0.05, 0.1) is 20.3 Å². The van der Waals surface area contributed by atoms with E-state index < -0.39 is 0 Å². The molecular weight excluding hydrogens is 453 g/mol. The molecule has 0 saturated carbocycles. The fourth-order valence-electron chi connectivity index (χ4n) is 3.21. The maximum absolute atomic E-state index is 13.4. The molecule has 1 aliphatic heterocycles. The number of aliphatic imine (C=N–C) groups is 1. The summed E-state index contributed by atoms with van der Waals surface area (Å²) in [7, 11) is 0. The zero-order chi connectivity index (χ0) is 21.5. The Morgan fingerprint density at radius 3 is 2.42 bits per heavy atom. The van der Waals surface area contributed by atoms with Gasteiger partial charge in [0, 0.05) is 5.56 Å². The van der Waals surface area contributed by atoms with E-state index in [0.29, 0.717) is 26.5 Å². The number of hydrogen-bond acceptors (Lipinski definition) is 5. The predicted molar refractivity (Wildman–Crippen MR) is 126 cm³/mol. The number of nitrogens with zero attached hydrogens (tertiary/aromatic N) is 3. The van der Waals surface area contributed by atoms with Crippen molar-refractivity contribution in [3.05, 3.63) is 93.6 Å². The summed E-state index contributed by atoms with van der Waals surface area (Å²) in [5.41, 5.74) is 2.48. The summed E-state index contributed by atoms with van der Waals surface area (Å²) < 4.78 is 0.820. The number of carbonyl (C=O) groups is 1. The van der Waals surface area contributed by atoms with Gasteiger partial charge in [0.15, 0.2) is 5.13 Å². The SMILES string of the molecule is O=C1C(=Cc2ccc(O)cc2)N=C(c2ccccc2)N1c1nc2cc(Cl)c(Cl)cc2s1. The second-order valence-corrected chi connectivity index (χ2v) is 8.62. The first-order valence-corrected chi connectivity index (χ1v) is 10.8. The monoisotopic (exact) mass is 465 g/mol. The lowest BCUT2D eigenvalue weighted by molar-refractivity contribution is -0.113. The molecule has 8 heteroatoms. The van der Waals surface area contributed by atoms with Crippen molar-refractivity contribution in [2.24, 2.45) is 4.99 Å². The van der Waals surface area contributed by atoms with Crippen LogP contribution in [-0.4, -0.2) is 21.8 Å². The number of halogens is 2. The third-order valence-electron chi connectivity index (χ3n) is 4.70. The molecule has 0 spiro atoms. The molecule has 1 aliphatic rings. The van der Waals surface area contributed by atoms with Gasteiger partial charge in [0.25, 0.3) is 5.91 Å². The van der Waals surface area contributed by atoms with Crippen molar-refractivity contribution in [3.8, 4) is 5.75 Å². The highest BCUT2D eigenvalue weighted by molar-refractivity contribution is 7.22. The first kappa shape index (κ1) is 19.8. The van der Waals surface area contributed by atoms with Crippen LogP contribution in [0.15, 0.2) is 77.4 Å². The second kappa shape index (κ2) is 7.81. The summed E-state index contributed by atoms with van der Waals surface area (Å²) in [4.78, 5) is 24.1. The Hall–Kier alpha value is -3.19. The Labute approximate surface area is 191 Å². The fourth-order valence-corrected chi connectivity index (χ4v) is 4.58. The third kappa shape index (κ3) is 3.70. The second-order valence-electron chi connectivity index (χ2n) is 6.79. The highest BCUT2D eigenvalue weighted by Crippen LogP contribution is 2.37. The number of phenols is 1. The summed E-state index contributed by atoms with van der Waals surface area (Å²) >= 11 is 13.6. The molecule has 0 aliphatic carbocycles. The average molecular weight is 466 g/mol. The van der Waals surface area contributed by atoms with Gasteiger partial charge >= 0.3 is 0 Å². The zero-order valence-corrected chi connectivity index (χ0v) is 18.1. The van der Waals surface area contributed by atoms with Gasteiger partial charge in [-0.2, -0.15) is 0 Å². The standard InChI is InChI=1S/C23H13Cl2N3O2S/c24-16-11-18-20(12-17(16)25)31-23(27-18)28-21(14-4-2-1-3-5-14)26-19(22(28)30)10-13-6-8-15(29)9-7-13/h1-12,29H. The molecule has 31 heavy (non-hydrogen) atoms. The van der Waals surface area contributed by atoms with Crippen LogP contribution in [0.3, 0.4) is 0 Å². The van der Waals surface area contributed by atoms with E-state index in [-0.39, 0.29) is 17.4 Å². The lowest BCUT2D eigenvalue weighted by Crippen LogP contribution is -2.32. The predicted octanol–water partition coefficient (Wildman–Crippen LogP) is 6.14. The Balaban J connectivity index is 1.64. The highest BCUT2D eigenvalue weighted by atomic mass is 35.5. The van der Waals surface area contributed by atoms with Crippen LogP contribution in [0.25, 0.3) is 16.3 Å². The molecule has 2 heterocycles. The largest absolute Gasteiger partial charge is 0.508 e. The molecule has 4 aromatic rings. The van der Waals surface area contributed by atoms with Crippen molar-refractivity contribution < 1.29 is 9.90 Å². The molecule has 0 bridgehead atoms. The number of aromatic hydroxyl groups is 1. The van der Waals surface area contributed by atoms with E-state index in [0.717, 1.165) is 15.8 Å². The Morgan fingerprint density at radius 1 is 0.968 bits per heavy atom. The molecular formula is C23H13Cl2N3O2S. The number of anilines is 1. The van der Waals surface area contributed by atoms with Crippen LogP contribution < -0.4 is 4.90 Å². The minimum Gasteiger partial charge on any atom is -0.508 e. The quantitative estimate of drug-likeness (QED) is 0.369. The Bertz CT molecular complexity index is 1340. The summed E-state index contributed by atoms with van der Waals surface area (Å²) in [5, 5.41) is 10.8. The number of amides is 1. The smallest absolute Gasteiger partial charge is 0.284 e. The first-order valence-electron chi connectivity index (χ1n) is 9.24. The van der Waals surface area contributed by atoms with Gasteiger partial charge in [-0.1, -0.05) is 77.0 Å². The Kier molecular flexibility index (Phi) is 4.98. The fraction of sp³-hybridized carbons (Fsp3) is 0. The third-order valence-corrected chi connectivity index (χ3v) is 6.42.